The molecule has 5 atom stereocenters. The molecule has 0 aromatic heterocycles. The monoisotopic (exact) mass is 499 g/mol. The lowest BCUT2D eigenvalue weighted by Gasteiger charge is -2.52. The number of carbonyl (C=O) groups is 1. The van der Waals surface area contributed by atoms with E-state index in [1.54, 1.807) is 0 Å². The van der Waals surface area contributed by atoms with Crippen molar-refractivity contribution in [2.75, 3.05) is 0 Å². The zero-order valence-corrected chi connectivity index (χ0v) is 21.6. The average Bonchev–Trinajstić information content (AvgIpc) is 3.66. The molecule has 2 aromatic carbocycles. The minimum atomic E-state index is -0.574. The molecule has 1 amide bonds. The van der Waals surface area contributed by atoms with E-state index in [9.17, 15) is 9.90 Å². The lowest BCUT2D eigenvalue weighted by atomic mass is 9.67. The molecule has 2 aliphatic rings. The van der Waals surface area contributed by atoms with E-state index in [0.29, 0.717) is 35.2 Å². The SMILES string of the molecule is C=CC[C@@]1(C)CC(c2cccc(Cl)c2)C(c2ccc(Cl)cc2)N(C(CC)CC(O)C2CC2)C1=O. The lowest BCUT2D eigenvalue weighted by Crippen LogP contribution is -2.56. The Bertz CT molecular complexity index is 1020. The normalized spacial score (nSPS) is 26.9. The molecule has 4 unspecified atom stereocenters. The molecular weight excluding hydrogens is 465 g/mol. The third-order valence-corrected chi connectivity index (χ3v) is 8.22. The highest BCUT2D eigenvalue weighted by molar-refractivity contribution is 6.30. The number of carbonyl (C=O) groups excluding carboxylic acids is 1. The minimum Gasteiger partial charge on any atom is -0.393 e. The van der Waals surface area contributed by atoms with E-state index in [1.165, 1.54) is 0 Å². The van der Waals surface area contributed by atoms with Crippen LogP contribution in [0.25, 0.3) is 0 Å². The fourth-order valence-corrected chi connectivity index (χ4v) is 6.04. The number of hydrogen-bond acceptors (Lipinski definition) is 2. The largest absolute Gasteiger partial charge is 0.393 e. The van der Waals surface area contributed by atoms with Crippen molar-refractivity contribution < 1.29 is 9.90 Å². The van der Waals surface area contributed by atoms with Gasteiger partial charge < -0.3 is 10.0 Å². The summed E-state index contributed by atoms with van der Waals surface area (Å²) in [5, 5.41) is 12.2. The first kappa shape index (κ1) is 25.3. The molecule has 1 N–H and O–H groups in total. The molecule has 182 valence electrons. The number of piperidine rings is 1. The maximum atomic E-state index is 14.2. The van der Waals surface area contributed by atoms with Gasteiger partial charge in [-0.05, 0) is 79.8 Å². The summed E-state index contributed by atoms with van der Waals surface area (Å²) in [5.41, 5.74) is 1.61. The summed E-state index contributed by atoms with van der Waals surface area (Å²) < 4.78 is 0. The predicted molar refractivity (Wildman–Crippen MR) is 140 cm³/mol. The van der Waals surface area contributed by atoms with Crippen LogP contribution < -0.4 is 0 Å². The summed E-state index contributed by atoms with van der Waals surface area (Å²) in [4.78, 5) is 16.3. The van der Waals surface area contributed by atoms with Gasteiger partial charge in [0.05, 0.1) is 17.6 Å². The number of benzene rings is 2. The fourth-order valence-electron chi connectivity index (χ4n) is 5.72. The van der Waals surface area contributed by atoms with Gasteiger partial charge >= 0.3 is 0 Å². The van der Waals surface area contributed by atoms with Crippen molar-refractivity contribution >= 4 is 29.1 Å². The van der Waals surface area contributed by atoms with Crippen LogP contribution in [0.4, 0.5) is 0 Å². The molecule has 0 bridgehead atoms. The Kier molecular flexibility index (Phi) is 7.76. The third kappa shape index (κ3) is 5.22. The maximum absolute atomic E-state index is 14.2. The number of rotatable bonds is 9. The number of nitrogens with zero attached hydrogens (tertiary/aromatic N) is 1. The molecule has 0 radical (unpaired) electrons. The van der Waals surface area contributed by atoms with Gasteiger partial charge in [-0.2, -0.15) is 0 Å². The summed E-state index contributed by atoms with van der Waals surface area (Å²) in [6.07, 6.45) is 6.32. The summed E-state index contributed by atoms with van der Waals surface area (Å²) >= 11 is 12.7. The minimum absolute atomic E-state index is 0.0506. The number of amides is 1. The Morgan fingerprint density at radius 3 is 2.44 bits per heavy atom. The smallest absolute Gasteiger partial charge is 0.229 e. The highest BCUT2D eigenvalue weighted by atomic mass is 35.5. The van der Waals surface area contributed by atoms with Gasteiger partial charge in [0.2, 0.25) is 5.91 Å². The van der Waals surface area contributed by atoms with E-state index in [4.69, 9.17) is 23.2 Å². The molecular formula is C29H35Cl2NO2. The van der Waals surface area contributed by atoms with Gasteiger partial charge in [0.15, 0.2) is 0 Å². The van der Waals surface area contributed by atoms with Crippen molar-refractivity contribution in [2.45, 2.75) is 76.5 Å². The molecule has 1 saturated heterocycles. The number of aliphatic hydroxyl groups excluding tert-OH is 1. The number of halogens is 2. The zero-order chi connectivity index (χ0) is 24.5. The second-order valence-corrected chi connectivity index (χ2v) is 11.2. The molecule has 0 spiro atoms. The molecule has 5 heteroatoms. The summed E-state index contributed by atoms with van der Waals surface area (Å²) in [5.74, 6) is 0.557. The van der Waals surface area contributed by atoms with Crippen LogP contribution in [0.5, 0.6) is 0 Å². The second kappa shape index (κ2) is 10.4. The molecule has 3 nitrogen and oxygen atoms in total. The van der Waals surface area contributed by atoms with Gasteiger partial charge in [0, 0.05) is 22.0 Å². The summed E-state index contributed by atoms with van der Waals surface area (Å²) in [6, 6.07) is 15.6. The molecule has 2 aromatic rings. The summed E-state index contributed by atoms with van der Waals surface area (Å²) in [7, 11) is 0. The van der Waals surface area contributed by atoms with Crippen molar-refractivity contribution in [3.05, 3.63) is 82.4 Å². The zero-order valence-electron chi connectivity index (χ0n) is 20.1. The van der Waals surface area contributed by atoms with Gasteiger partial charge in [-0.15, -0.1) is 6.58 Å². The fraction of sp³-hybridized carbons (Fsp3) is 0.483. The van der Waals surface area contributed by atoms with Crippen LogP contribution in [0.2, 0.25) is 10.0 Å². The summed E-state index contributed by atoms with van der Waals surface area (Å²) in [6.45, 7) is 8.13. The lowest BCUT2D eigenvalue weighted by molar-refractivity contribution is -0.155. The molecule has 1 heterocycles. The van der Waals surface area contributed by atoms with E-state index >= 15 is 0 Å². The topological polar surface area (TPSA) is 40.5 Å². The maximum Gasteiger partial charge on any atom is 0.229 e. The van der Waals surface area contributed by atoms with E-state index in [1.807, 2.05) is 48.5 Å². The Labute approximate surface area is 213 Å². The first-order chi connectivity index (χ1) is 16.3. The standard InChI is InChI=1S/C29H35Cl2NO2/c1-4-15-29(3)18-25(21-7-6-8-23(31)16-21)27(20-11-13-22(30)14-12-20)32(28(29)34)24(5-2)17-26(33)19-9-10-19/h4,6-8,11-14,16,19,24-27,33H,1,5,9-10,15,17-18H2,2-3H3/t24?,25?,26?,27?,29-/m0/s1. The Morgan fingerprint density at radius 2 is 1.85 bits per heavy atom. The second-order valence-electron chi connectivity index (χ2n) is 10.3. The van der Waals surface area contributed by atoms with Crippen molar-refractivity contribution in [1.29, 1.82) is 0 Å². The van der Waals surface area contributed by atoms with Crippen LogP contribution in [0.1, 0.15) is 75.5 Å². The molecule has 2 fully saturated rings. The Hall–Kier alpha value is -1.81. The van der Waals surface area contributed by atoms with Gasteiger partial charge in [-0.25, -0.2) is 0 Å². The van der Waals surface area contributed by atoms with E-state index in [-0.39, 0.29) is 30.0 Å². The van der Waals surface area contributed by atoms with Gasteiger partial charge in [0.25, 0.3) is 0 Å². The van der Waals surface area contributed by atoms with E-state index in [2.05, 4.69) is 31.4 Å². The Balaban J connectivity index is 1.85. The third-order valence-electron chi connectivity index (χ3n) is 7.73. The molecule has 34 heavy (non-hydrogen) atoms. The molecule has 4 rings (SSSR count). The van der Waals surface area contributed by atoms with Crippen molar-refractivity contribution in [3.8, 4) is 0 Å². The first-order valence-electron chi connectivity index (χ1n) is 12.4. The van der Waals surface area contributed by atoms with Crippen molar-refractivity contribution in [2.24, 2.45) is 11.3 Å². The molecule has 1 aliphatic heterocycles. The van der Waals surface area contributed by atoms with Gasteiger partial charge in [-0.3, -0.25) is 4.79 Å². The Morgan fingerprint density at radius 1 is 1.15 bits per heavy atom. The quantitative estimate of drug-likeness (QED) is 0.361. The first-order valence-corrected chi connectivity index (χ1v) is 13.2. The van der Waals surface area contributed by atoms with Crippen molar-refractivity contribution in [3.63, 3.8) is 0 Å². The molecule has 1 saturated carbocycles. The van der Waals surface area contributed by atoms with Gasteiger partial charge in [0.1, 0.15) is 0 Å². The average molecular weight is 501 g/mol. The van der Waals surface area contributed by atoms with Gasteiger partial charge in [-0.1, -0.05) is 67.4 Å². The van der Waals surface area contributed by atoms with Crippen LogP contribution in [0, 0.1) is 11.3 Å². The number of likely N-dealkylation sites (tertiary alicyclic amines) is 1. The number of allylic oxidation sites excluding steroid dienone is 1. The van der Waals surface area contributed by atoms with Crippen LogP contribution in [-0.4, -0.2) is 28.1 Å². The van der Waals surface area contributed by atoms with Crippen LogP contribution in [0.3, 0.4) is 0 Å². The molecule has 1 aliphatic carbocycles. The van der Waals surface area contributed by atoms with Crippen LogP contribution in [0.15, 0.2) is 61.2 Å². The van der Waals surface area contributed by atoms with Crippen LogP contribution >= 0.6 is 23.2 Å². The van der Waals surface area contributed by atoms with E-state index in [0.717, 1.165) is 30.4 Å². The number of aliphatic hydroxyl groups is 1. The number of hydrogen-bond donors (Lipinski definition) is 1. The predicted octanol–water partition coefficient (Wildman–Crippen LogP) is 7.57. The van der Waals surface area contributed by atoms with Crippen molar-refractivity contribution in [1.82, 2.24) is 4.90 Å². The van der Waals surface area contributed by atoms with E-state index < -0.39 is 5.41 Å². The highest BCUT2D eigenvalue weighted by Crippen LogP contribution is 2.53. The van der Waals surface area contributed by atoms with Crippen LogP contribution in [-0.2, 0) is 4.79 Å². The highest BCUT2D eigenvalue weighted by Gasteiger charge is 2.51.